The number of thioether (sulfide) groups is 1. The van der Waals surface area contributed by atoms with E-state index in [1.807, 2.05) is 0 Å². The predicted octanol–water partition coefficient (Wildman–Crippen LogP) is 3.73. The number of carbonyl (C=O) groups excluding carboxylic acids is 1. The Labute approximate surface area is 163 Å². The monoisotopic (exact) mass is 395 g/mol. The van der Waals surface area contributed by atoms with Crippen LogP contribution in [-0.4, -0.2) is 42.9 Å². The number of nitrogens with one attached hydrogen (secondary N) is 2. The number of ether oxygens (including phenoxy) is 2. The van der Waals surface area contributed by atoms with Crippen LogP contribution in [0.3, 0.4) is 0 Å². The first-order chi connectivity index (χ1) is 12.7. The van der Waals surface area contributed by atoms with E-state index in [0.717, 1.165) is 17.9 Å². The molecule has 0 aliphatic carbocycles. The summed E-state index contributed by atoms with van der Waals surface area (Å²) in [6.07, 6.45) is 0.225. The summed E-state index contributed by atoms with van der Waals surface area (Å²) in [5.74, 6) is 0.528. The third kappa shape index (κ3) is 4.38. The number of hydrogen-bond donors (Lipinski definition) is 2. The van der Waals surface area contributed by atoms with Crippen molar-refractivity contribution in [2.75, 3.05) is 31.3 Å². The standard InChI is InChI=1S/C19H26FN3O3S/c1-18(2,3)26-17(24)22-16-23-19(11-25-8-7-12(19)10-27-16)14-9-13(21-4)5-6-15(14)20/h5-6,9,12,21H,7-8,10-11H2,1-4H3,(H,22,23,24)/t12?,19-/m0/s1. The van der Waals surface area contributed by atoms with Gasteiger partial charge in [0.2, 0.25) is 0 Å². The van der Waals surface area contributed by atoms with E-state index in [1.54, 1.807) is 40.0 Å². The normalized spacial score (nSPS) is 25.2. The van der Waals surface area contributed by atoms with Gasteiger partial charge in [0, 0.05) is 36.6 Å². The van der Waals surface area contributed by atoms with Gasteiger partial charge in [0.05, 0.1) is 6.61 Å². The van der Waals surface area contributed by atoms with Crippen molar-refractivity contribution in [1.82, 2.24) is 5.32 Å². The second-order valence-corrected chi connectivity index (χ2v) is 8.77. The van der Waals surface area contributed by atoms with Crippen molar-refractivity contribution in [2.45, 2.75) is 38.3 Å². The average Bonchev–Trinajstić information content (AvgIpc) is 2.60. The van der Waals surface area contributed by atoms with Crippen LogP contribution in [0.15, 0.2) is 23.2 Å². The molecule has 8 heteroatoms. The van der Waals surface area contributed by atoms with Gasteiger partial charge in [-0.25, -0.2) is 14.2 Å². The number of carbonyl (C=O) groups is 1. The zero-order chi connectivity index (χ0) is 19.7. The van der Waals surface area contributed by atoms with Crippen LogP contribution in [0.5, 0.6) is 0 Å². The number of amides is 1. The molecule has 2 aliphatic heterocycles. The van der Waals surface area contributed by atoms with E-state index in [4.69, 9.17) is 14.5 Å². The lowest BCUT2D eigenvalue weighted by atomic mass is 9.76. The molecule has 2 atom stereocenters. The lowest BCUT2D eigenvalue weighted by Crippen LogP contribution is -2.49. The van der Waals surface area contributed by atoms with Crippen molar-refractivity contribution in [3.63, 3.8) is 0 Å². The summed E-state index contributed by atoms with van der Waals surface area (Å²) >= 11 is 1.46. The highest BCUT2D eigenvalue weighted by atomic mass is 32.2. The summed E-state index contributed by atoms with van der Waals surface area (Å²) in [6.45, 7) is 6.31. The fourth-order valence-corrected chi connectivity index (χ4v) is 4.56. The molecular weight excluding hydrogens is 369 g/mol. The first-order valence-corrected chi connectivity index (χ1v) is 10.0. The van der Waals surface area contributed by atoms with Crippen molar-refractivity contribution in [3.8, 4) is 0 Å². The Balaban J connectivity index is 1.97. The first kappa shape index (κ1) is 19.9. The fourth-order valence-electron chi connectivity index (χ4n) is 3.37. The minimum atomic E-state index is -0.856. The molecule has 0 radical (unpaired) electrons. The summed E-state index contributed by atoms with van der Waals surface area (Å²) in [4.78, 5) is 16.9. The van der Waals surface area contributed by atoms with Crippen molar-refractivity contribution in [1.29, 1.82) is 0 Å². The minimum Gasteiger partial charge on any atom is -0.444 e. The number of alkyl carbamates (subject to hydrolysis) is 1. The van der Waals surface area contributed by atoms with Gasteiger partial charge in [0.25, 0.3) is 0 Å². The maximum absolute atomic E-state index is 14.8. The van der Waals surface area contributed by atoms with Gasteiger partial charge in [-0.15, -0.1) is 0 Å². The molecule has 0 bridgehead atoms. The lowest BCUT2D eigenvalue weighted by Gasteiger charge is -2.44. The average molecular weight is 396 g/mol. The maximum Gasteiger partial charge on any atom is 0.413 e. The molecular formula is C19H26FN3O3S. The Morgan fingerprint density at radius 1 is 1.44 bits per heavy atom. The van der Waals surface area contributed by atoms with Gasteiger partial charge < -0.3 is 14.8 Å². The number of fused-ring (bicyclic) bond motifs is 1. The van der Waals surface area contributed by atoms with Gasteiger partial charge in [-0.1, -0.05) is 11.8 Å². The summed E-state index contributed by atoms with van der Waals surface area (Å²) in [5, 5.41) is 6.18. The molecule has 0 spiro atoms. The van der Waals surface area contributed by atoms with E-state index in [0.29, 0.717) is 17.3 Å². The molecule has 3 rings (SSSR count). The van der Waals surface area contributed by atoms with Gasteiger partial charge in [0.1, 0.15) is 17.0 Å². The van der Waals surface area contributed by atoms with Gasteiger partial charge in [0.15, 0.2) is 5.17 Å². The quantitative estimate of drug-likeness (QED) is 0.798. The van der Waals surface area contributed by atoms with Gasteiger partial charge >= 0.3 is 6.09 Å². The second-order valence-electron chi connectivity index (χ2n) is 7.76. The minimum absolute atomic E-state index is 0.127. The molecule has 1 fully saturated rings. The number of nitrogens with zero attached hydrogens (tertiary/aromatic N) is 1. The number of rotatable bonds is 2. The molecule has 1 amide bonds. The highest BCUT2D eigenvalue weighted by molar-refractivity contribution is 8.13. The van der Waals surface area contributed by atoms with E-state index >= 15 is 0 Å². The number of anilines is 1. The van der Waals surface area contributed by atoms with Crippen LogP contribution in [0, 0.1) is 11.7 Å². The van der Waals surface area contributed by atoms with Crippen molar-refractivity contribution < 1.29 is 18.7 Å². The Morgan fingerprint density at radius 3 is 2.93 bits per heavy atom. The van der Waals surface area contributed by atoms with E-state index in [2.05, 4.69) is 10.6 Å². The smallest absolute Gasteiger partial charge is 0.413 e. The molecule has 27 heavy (non-hydrogen) atoms. The zero-order valence-electron chi connectivity index (χ0n) is 16.1. The van der Waals surface area contributed by atoms with Gasteiger partial charge in [-0.2, -0.15) is 0 Å². The molecule has 0 saturated carbocycles. The van der Waals surface area contributed by atoms with Gasteiger partial charge in [-0.05, 0) is 45.4 Å². The predicted molar refractivity (Wildman–Crippen MR) is 106 cm³/mol. The Kier molecular flexibility index (Phi) is 5.67. The van der Waals surface area contributed by atoms with Crippen LogP contribution < -0.4 is 10.6 Å². The molecule has 1 unspecified atom stereocenters. The third-order valence-corrected chi connectivity index (χ3v) is 5.70. The SMILES string of the molecule is CNc1ccc(F)c([C@]23COCCC2CSC(NC(=O)OC(C)(C)C)=N3)c1. The van der Waals surface area contributed by atoms with E-state index in [9.17, 15) is 9.18 Å². The summed E-state index contributed by atoms with van der Waals surface area (Å²) in [5.41, 5.74) is -0.168. The van der Waals surface area contributed by atoms with Crippen LogP contribution in [0.2, 0.25) is 0 Å². The first-order valence-electron chi connectivity index (χ1n) is 9.02. The van der Waals surface area contributed by atoms with Crippen molar-refractivity contribution in [3.05, 3.63) is 29.6 Å². The highest BCUT2D eigenvalue weighted by Crippen LogP contribution is 2.46. The molecule has 0 aromatic heterocycles. The Morgan fingerprint density at radius 2 is 2.22 bits per heavy atom. The van der Waals surface area contributed by atoms with Gasteiger partial charge in [-0.3, -0.25) is 5.32 Å². The number of amidine groups is 1. The highest BCUT2D eigenvalue weighted by Gasteiger charge is 2.47. The Bertz CT molecular complexity index is 750. The third-order valence-electron chi connectivity index (χ3n) is 4.66. The summed E-state index contributed by atoms with van der Waals surface area (Å²) < 4.78 is 25.8. The molecule has 148 valence electrons. The van der Waals surface area contributed by atoms with E-state index < -0.39 is 17.2 Å². The van der Waals surface area contributed by atoms with Crippen LogP contribution in [0.1, 0.15) is 32.8 Å². The maximum atomic E-state index is 14.8. The number of aliphatic imine (C=N–C) groups is 1. The summed E-state index contributed by atoms with van der Waals surface area (Å²) in [7, 11) is 1.79. The zero-order valence-corrected chi connectivity index (χ0v) is 16.9. The lowest BCUT2D eigenvalue weighted by molar-refractivity contribution is 0.00280. The number of benzene rings is 1. The molecule has 1 saturated heterocycles. The van der Waals surface area contributed by atoms with Crippen LogP contribution in [0.25, 0.3) is 0 Å². The van der Waals surface area contributed by atoms with Crippen LogP contribution in [-0.2, 0) is 15.0 Å². The fraction of sp³-hybridized carbons (Fsp3) is 0.579. The molecule has 1 aromatic rings. The van der Waals surface area contributed by atoms with E-state index in [1.165, 1.54) is 17.8 Å². The Hall–Kier alpha value is -1.80. The van der Waals surface area contributed by atoms with Crippen LogP contribution in [0.4, 0.5) is 14.9 Å². The van der Waals surface area contributed by atoms with E-state index in [-0.39, 0.29) is 18.3 Å². The number of hydrogen-bond acceptors (Lipinski definition) is 6. The molecule has 6 nitrogen and oxygen atoms in total. The topological polar surface area (TPSA) is 72.0 Å². The second kappa shape index (κ2) is 7.67. The molecule has 1 aromatic carbocycles. The van der Waals surface area contributed by atoms with Crippen LogP contribution >= 0.6 is 11.8 Å². The van der Waals surface area contributed by atoms with Crippen molar-refractivity contribution in [2.24, 2.45) is 10.9 Å². The molecule has 2 aliphatic rings. The van der Waals surface area contributed by atoms with Crippen molar-refractivity contribution >= 4 is 28.7 Å². The molecule has 2 N–H and O–H groups in total. The largest absolute Gasteiger partial charge is 0.444 e. The number of halogens is 1. The summed E-state index contributed by atoms with van der Waals surface area (Å²) in [6, 6.07) is 4.91. The molecule has 2 heterocycles.